The maximum atomic E-state index is 5.30. The minimum Gasteiger partial charge on any atom is -0.252 e. The van der Waals surface area contributed by atoms with Crippen LogP contribution in [0.5, 0.6) is 0 Å². The molecule has 0 aliphatic rings. The monoisotopic (exact) mass is 965 g/mol. The Kier molecular flexibility index (Phi) is 45.9. The molecule has 0 aliphatic carbocycles. The van der Waals surface area contributed by atoms with E-state index in [2.05, 4.69) is 76.2 Å². The Balaban J connectivity index is 1.58. The van der Waals surface area contributed by atoms with E-state index >= 15 is 0 Å². The summed E-state index contributed by atoms with van der Waals surface area (Å²) in [6.45, 7) is 9.20. The van der Waals surface area contributed by atoms with Gasteiger partial charge in [-0.05, 0) is 86.8 Å². The van der Waals surface area contributed by atoms with E-state index in [1.165, 1.54) is 318 Å². The summed E-state index contributed by atoms with van der Waals surface area (Å²) in [5.41, 5.74) is 7.46. The predicted octanol–water partition coefficient (Wildman–Crippen LogP) is 24.4. The first kappa shape index (κ1) is 63.9. The first-order chi connectivity index (χ1) is 34.7. The van der Waals surface area contributed by atoms with E-state index < -0.39 is 0 Å². The number of aliphatic imine (C=N–C) groups is 2. The summed E-state index contributed by atoms with van der Waals surface area (Å²) < 4.78 is 0. The first-order valence-electron chi connectivity index (χ1n) is 32.0. The van der Waals surface area contributed by atoms with Gasteiger partial charge < -0.3 is 0 Å². The maximum Gasteiger partial charge on any atom is 0.0633 e. The van der Waals surface area contributed by atoms with Crippen LogP contribution in [0.4, 0.5) is 11.4 Å². The molecule has 2 aromatic carbocycles. The Morgan fingerprint density at radius 2 is 0.414 bits per heavy atom. The zero-order valence-corrected chi connectivity index (χ0v) is 47.9. The molecule has 0 aromatic heterocycles. The van der Waals surface area contributed by atoms with Crippen molar-refractivity contribution in [1.82, 2.24) is 0 Å². The lowest BCUT2D eigenvalue weighted by Gasteiger charge is -2.11. The minimum absolute atomic E-state index is 0.998. The molecule has 0 atom stereocenters. The molecule has 0 saturated heterocycles. The first-order valence-corrected chi connectivity index (χ1v) is 32.0. The average Bonchev–Trinajstić information content (AvgIpc) is 3.38. The van der Waals surface area contributed by atoms with Crippen molar-refractivity contribution in [3.05, 3.63) is 59.7 Å². The molecular formula is C68H120N2. The van der Waals surface area contributed by atoms with E-state index in [1.807, 2.05) is 0 Å². The van der Waals surface area contributed by atoms with Crippen LogP contribution in [0.3, 0.4) is 0 Å². The van der Waals surface area contributed by atoms with E-state index in [0.29, 0.717) is 0 Å². The van der Waals surface area contributed by atoms with Crippen molar-refractivity contribution >= 4 is 22.8 Å². The van der Waals surface area contributed by atoms with Gasteiger partial charge in [0.05, 0.1) is 22.8 Å². The highest BCUT2D eigenvalue weighted by atomic mass is 14.8. The largest absolute Gasteiger partial charge is 0.252 e. The molecule has 2 heteroatoms. The lowest BCUT2D eigenvalue weighted by Crippen LogP contribution is -2.14. The Bertz CT molecular complexity index is 1310. The van der Waals surface area contributed by atoms with Crippen molar-refractivity contribution in [2.45, 2.75) is 349 Å². The third-order valence-corrected chi connectivity index (χ3v) is 15.4. The van der Waals surface area contributed by atoms with Crippen LogP contribution < -0.4 is 0 Å². The molecule has 0 saturated carbocycles. The molecule has 70 heavy (non-hydrogen) atoms. The van der Waals surface area contributed by atoms with E-state index in [-0.39, 0.29) is 0 Å². The fourth-order valence-electron chi connectivity index (χ4n) is 10.5. The fraction of sp³-hybridized carbons (Fsp3) is 0.794. The van der Waals surface area contributed by atoms with Gasteiger partial charge in [0.2, 0.25) is 0 Å². The van der Waals surface area contributed by atoms with Gasteiger partial charge in [-0.15, -0.1) is 0 Å². The molecule has 2 aromatic rings. The predicted molar refractivity (Wildman–Crippen MR) is 319 cm³/mol. The van der Waals surface area contributed by atoms with Gasteiger partial charge >= 0.3 is 0 Å². The maximum absolute atomic E-state index is 5.30. The van der Waals surface area contributed by atoms with Crippen LogP contribution in [0, 0.1) is 0 Å². The molecule has 2 nitrogen and oxygen atoms in total. The van der Waals surface area contributed by atoms with Crippen molar-refractivity contribution in [2.75, 3.05) is 0 Å². The standard InChI is InChI=1S/C68H120N2/c1-5-9-13-15-17-19-21-23-25-27-29-31-33-35-37-39-41-43-45-47-49-51-63-55-59-65(60-56-63)69-67(53-11-7-3)68(54-12-8-4)70-66-61-57-64(58-62-66)52-50-48-46-44-42-40-38-36-34-32-30-28-26-24-22-20-18-16-14-10-6-2/h55-62H,5-54H2,1-4H3. The van der Waals surface area contributed by atoms with Gasteiger partial charge in [0.25, 0.3) is 0 Å². The van der Waals surface area contributed by atoms with Crippen LogP contribution in [0.2, 0.25) is 0 Å². The van der Waals surface area contributed by atoms with Gasteiger partial charge in [0, 0.05) is 0 Å². The smallest absolute Gasteiger partial charge is 0.0633 e. The van der Waals surface area contributed by atoms with Crippen LogP contribution in [0.1, 0.15) is 347 Å². The third kappa shape index (κ3) is 39.3. The average molecular weight is 966 g/mol. The highest BCUT2D eigenvalue weighted by Crippen LogP contribution is 2.23. The Hall–Kier alpha value is -2.22. The summed E-state index contributed by atoms with van der Waals surface area (Å²) in [6, 6.07) is 18.3. The summed E-state index contributed by atoms with van der Waals surface area (Å²) in [4.78, 5) is 10.6. The summed E-state index contributed by atoms with van der Waals surface area (Å²) in [5.74, 6) is 0. The second-order valence-corrected chi connectivity index (χ2v) is 22.3. The molecule has 0 radical (unpaired) electrons. The zero-order valence-electron chi connectivity index (χ0n) is 47.9. The minimum atomic E-state index is 0.998. The number of unbranched alkanes of at least 4 members (excludes halogenated alkanes) is 42. The van der Waals surface area contributed by atoms with Crippen molar-refractivity contribution < 1.29 is 0 Å². The van der Waals surface area contributed by atoms with Crippen LogP contribution >= 0.6 is 0 Å². The van der Waals surface area contributed by atoms with Crippen molar-refractivity contribution in [2.24, 2.45) is 9.98 Å². The molecule has 402 valence electrons. The molecule has 0 spiro atoms. The molecule has 0 bridgehead atoms. The molecule has 0 heterocycles. The lowest BCUT2D eigenvalue weighted by atomic mass is 10.0. The number of hydrogen-bond donors (Lipinski definition) is 0. The number of nitrogens with zero attached hydrogens (tertiary/aromatic N) is 2. The number of aryl methyl sites for hydroxylation is 2. The van der Waals surface area contributed by atoms with E-state index in [1.54, 1.807) is 0 Å². The summed E-state index contributed by atoms with van der Waals surface area (Å²) >= 11 is 0. The normalized spacial score (nSPS) is 12.2. The summed E-state index contributed by atoms with van der Waals surface area (Å²) in [7, 11) is 0. The summed E-state index contributed by atoms with van der Waals surface area (Å²) in [5, 5.41) is 0. The van der Waals surface area contributed by atoms with Crippen LogP contribution in [0.15, 0.2) is 58.5 Å². The topological polar surface area (TPSA) is 24.7 Å². The van der Waals surface area contributed by atoms with Gasteiger partial charge in [-0.25, -0.2) is 0 Å². The molecular weight excluding hydrogens is 845 g/mol. The Labute approximate surface area is 439 Å². The molecule has 0 aliphatic heterocycles. The van der Waals surface area contributed by atoms with E-state index in [0.717, 1.165) is 37.1 Å². The highest BCUT2D eigenvalue weighted by Gasteiger charge is 2.11. The summed E-state index contributed by atoms with van der Waals surface area (Å²) in [6.07, 6.45) is 69.4. The Morgan fingerprint density at radius 1 is 0.229 bits per heavy atom. The quantitative estimate of drug-likeness (QED) is 0.0466. The van der Waals surface area contributed by atoms with Gasteiger partial charge in [-0.3, -0.25) is 9.98 Å². The highest BCUT2D eigenvalue weighted by molar-refractivity contribution is 6.43. The molecule has 2 rings (SSSR count). The molecule has 0 amide bonds. The zero-order chi connectivity index (χ0) is 49.9. The van der Waals surface area contributed by atoms with E-state index in [4.69, 9.17) is 9.98 Å². The number of benzene rings is 2. The SMILES string of the molecule is CCCCCCCCCCCCCCCCCCCCCCCc1ccc(N=C(CCCC)C(CCCC)=Nc2ccc(CCCCCCCCCCCCCCCCCCCCCCC)cc2)cc1. The second kappa shape index (κ2) is 50.3. The Morgan fingerprint density at radius 3 is 0.614 bits per heavy atom. The van der Waals surface area contributed by atoms with Crippen LogP contribution in [-0.2, 0) is 12.8 Å². The van der Waals surface area contributed by atoms with Crippen molar-refractivity contribution in [1.29, 1.82) is 0 Å². The number of hydrogen-bond acceptors (Lipinski definition) is 2. The van der Waals surface area contributed by atoms with Gasteiger partial charge in [-0.1, -0.05) is 322 Å². The molecule has 0 fully saturated rings. The van der Waals surface area contributed by atoms with Crippen LogP contribution in [-0.4, -0.2) is 11.4 Å². The van der Waals surface area contributed by atoms with Gasteiger partial charge in [0.15, 0.2) is 0 Å². The molecule has 0 N–H and O–H groups in total. The van der Waals surface area contributed by atoms with Gasteiger partial charge in [0.1, 0.15) is 0 Å². The lowest BCUT2D eigenvalue weighted by molar-refractivity contribution is 0.520. The number of rotatable bonds is 53. The van der Waals surface area contributed by atoms with Crippen LogP contribution in [0.25, 0.3) is 0 Å². The van der Waals surface area contributed by atoms with Gasteiger partial charge in [-0.2, -0.15) is 0 Å². The van der Waals surface area contributed by atoms with Crippen molar-refractivity contribution in [3.8, 4) is 0 Å². The fourth-order valence-corrected chi connectivity index (χ4v) is 10.5. The van der Waals surface area contributed by atoms with E-state index in [9.17, 15) is 0 Å². The third-order valence-electron chi connectivity index (χ3n) is 15.4. The second-order valence-electron chi connectivity index (χ2n) is 22.3. The molecule has 0 unspecified atom stereocenters. The van der Waals surface area contributed by atoms with Crippen molar-refractivity contribution in [3.63, 3.8) is 0 Å².